The fourth-order valence-electron chi connectivity index (χ4n) is 1.32. The zero-order valence-electron chi connectivity index (χ0n) is 7.75. The lowest BCUT2D eigenvalue weighted by molar-refractivity contribution is 0.338. The zero-order chi connectivity index (χ0) is 8.97. The third-order valence-corrected chi connectivity index (χ3v) is 2.07. The van der Waals surface area contributed by atoms with Crippen molar-refractivity contribution in [1.29, 1.82) is 0 Å². The summed E-state index contributed by atoms with van der Waals surface area (Å²) in [6.45, 7) is 3.79. The van der Waals surface area contributed by atoms with Crippen LogP contribution < -0.4 is 11.1 Å². The van der Waals surface area contributed by atoms with Crippen LogP contribution >= 0.6 is 0 Å². The van der Waals surface area contributed by atoms with E-state index in [9.17, 15) is 0 Å². The number of nitrogens with two attached hydrogens (primary N) is 1. The molecule has 0 aromatic carbocycles. The topological polar surface area (TPSA) is 41.3 Å². The molecular weight excluding hydrogens is 150 g/mol. The minimum absolute atomic E-state index is 0.445. The van der Waals surface area contributed by atoms with Crippen molar-refractivity contribution in [3.05, 3.63) is 24.0 Å². The second-order valence-corrected chi connectivity index (χ2v) is 2.95. The molecule has 0 saturated heterocycles. The SMILES string of the molecule is CNC1=CC(C)N(CCN)C=C1. The Hall–Kier alpha value is -0.960. The molecule has 3 heteroatoms. The number of likely N-dealkylation sites (N-methyl/N-ethyl adjacent to an activating group) is 1. The summed E-state index contributed by atoms with van der Waals surface area (Å²) in [5.74, 6) is 0. The van der Waals surface area contributed by atoms with E-state index in [-0.39, 0.29) is 0 Å². The molecule has 0 fully saturated rings. The Morgan fingerprint density at radius 1 is 1.67 bits per heavy atom. The zero-order valence-corrected chi connectivity index (χ0v) is 7.75. The number of rotatable bonds is 3. The molecule has 0 amide bonds. The maximum absolute atomic E-state index is 5.48. The van der Waals surface area contributed by atoms with Gasteiger partial charge in [0.15, 0.2) is 0 Å². The van der Waals surface area contributed by atoms with Crippen LogP contribution in [-0.2, 0) is 0 Å². The maximum Gasteiger partial charge on any atom is 0.0462 e. The molecule has 0 radical (unpaired) electrons. The molecule has 12 heavy (non-hydrogen) atoms. The quantitative estimate of drug-likeness (QED) is 0.634. The van der Waals surface area contributed by atoms with Gasteiger partial charge in [0.2, 0.25) is 0 Å². The number of hydrogen-bond donors (Lipinski definition) is 2. The van der Waals surface area contributed by atoms with Crippen LogP contribution in [0.1, 0.15) is 6.92 Å². The summed E-state index contributed by atoms with van der Waals surface area (Å²) in [6.07, 6.45) is 6.34. The molecule has 0 spiro atoms. The summed E-state index contributed by atoms with van der Waals surface area (Å²) >= 11 is 0. The van der Waals surface area contributed by atoms with E-state index in [4.69, 9.17) is 5.73 Å². The van der Waals surface area contributed by atoms with Gasteiger partial charge < -0.3 is 16.0 Å². The van der Waals surface area contributed by atoms with E-state index >= 15 is 0 Å². The summed E-state index contributed by atoms with van der Waals surface area (Å²) < 4.78 is 0. The third-order valence-electron chi connectivity index (χ3n) is 2.07. The van der Waals surface area contributed by atoms with Crippen molar-refractivity contribution >= 4 is 0 Å². The average molecular weight is 167 g/mol. The van der Waals surface area contributed by atoms with E-state index in [0.29, 0.717) is 12.6 Å². The molecule has 0 bridgehead atoms. The Kier molecular flexibility index (Phi) is 3.17. The molecule has 3 nitrogen and oxygen atoms in total. The Balaban J connectivity index is 2.55. The molecule has 0 saturated carbocycles. The van der Waals surface area contributed by atoms with Crippen molar-refractivity contribution in [2.45, 2.75) is 13.0 Å². The Morgan fingerprint density at radius 3 is 2.92 bits per heavy atom. The lowest BCUT2D eigenvalue weighted by Gasteiger charge is -2.28. The maximum atomic E-state index is 5.48. The number of nitrogens with zero attached hydrogens (tertiary/aromatic N) is 1. The first kappa shape index (κ1) is 9.13. The Labute approximate surface area is 73.9 Å². The fourth-order valence-corrected chi connectivity index (χ4v) is 1.32. The van der Waals surface area contributed by atoms with E-state index in [1.807, 2.05) is 7.05 Å². The van der Waals surface area contributed by atoms with E-state index in [1.54, 1.807) is 0 Å². The van der Waals surface area contributed by atoms with Gasteiger partial charge in [-0.25, -0.2) is 0 Å². The minimum atomic E-state index is 0.445. The molecule has 3 N–H and O–H groups in total. The second kappa shape index (κ2) is 4.16. The fraction of sp³-hybridized carbons (Fsp3) is 0.556. The van der Waals surface area contributed by atoms with E-state index < -0.39 is 0 Å². The summed E-state index contributed by atoms with van der Waals surface area (Å²) in [5, 5.41) is 3.11. The van der Waals surface area contributed by atoms with E-state index in [1.165, 1.54) is 5.70 Å². The lowest BCUT2D eigenvalue weighted by atomic mass is 10.2. The lowest BCUT2D eigenvalue weighted by Crippen LogP contribution is -2.34. The highest BCUT2D eigenvalue weighted by Crippen LogP contribution is 2.10. The standard InChI is InChI=1S/C9H17N3/c1-8-7-9(11-2)3-5-12(8)6-4-10/h3,5,7-8,11H,4,6,10H2,1-2H3. The van der Waals surface area contributed by atoms with Gasteiger partial charge in [-0.2, -0.15) is 0 Å². The highest BCUT2D eigenvalue weighted by Gasteiger charge is 2.10. The molecule has 0 aromatic rings. The van der Waals surface area contributed by atoms with Gasteiger partial charge in [0.25, 0.3) is 0 Å². The van der Waals surface area contributed by atoms with Crippen LogP contribution in [0.5, 0.6) is 0 Å². The highest BCUT2D eigenvalue weighted by atomic mass is 15.1. The number of hydrogen-bond acceptors (Lipinski definition) is 3. The molecule has 1 aliphatic heterocycles. The van der Waals surface area contributed by atoms with Gasteiger partial charge in [-0.1, -0.05) is 0 Å². The van der Waals surface area contributed by atoms with E-state index in [2.05, 4.69) is 35.5 Å². The first-order chi connectivity index (χ1) is 5.77. The smallest absolute Gasteiger partial charge is 0.0462 e. The summed E-state index contributed by atoms with van der Waals surface area (Å²) in [7, 11) is 1.93. The molecule has 0 aromatic heterocycles. The number of allylic oxidation sites excluding steroid dienone is 1. The van der Waals surface area contributed by atoms with E-state index in [0.717, 1.165) is 6.54 Å². The van der Waals surface area contributed by atoms with Crippen LogP contribution in [-0.4, -0.2) is 31.1 Å². The molecule has 1 unspecified atom stereocenters. The Morgan fingerprint density at radius 2 is 2.42 bits per heavy atom. The first-order valence-electron chi connectivity index (χ1n) is 4.31. The molecule has 1 aliphatic rings. The Bertz CT molecular complexity index is 196. The summed E-state index contributed by atoms with van der Waals surface area (Å²) in [5.41, 5.74) is 6.65. The van der Waals surface area contributed by atoms with Gasteiger partial charge >= 0.3 is 0 Å². The van der Waals surface area contributed by atoms with Crippen LogP contribution in [0.15, 0.2) is 24.0 Å². The molecule has 0 aliphatic carbocycles. The van der Waals surface area contributed by atoms with Gasteiger partial charge in [0, 0.05) is 38.1 Å². The van der Waals surface area contributed by atoms with Gasteiger partial charge in [0.1, 0.15) is 0 Å². The van der Waals surface area contributed by atoms with Crippen LogP contribution in [0.3, 0.4) is 0 Å². The molecule has 1 heterocycles. The van der Waals surface area contributed by atoms with Crippen LogP contribution in [0.4, 0.5) is 0 Å². The molecule has 68 valence electrons. The van der Waals surface area contributed by atoms with Crippen molar-refractivity contribution < 1.29 is 0 Å². The van der Waals surface area contributed by atoms with Crippen molar-refractivity contribution in [1.82, 2.24) is 10.2 Å². The van der Waals surface area contributed by atoms with Crippen molar-refractivity contribution in [2.24, 2.45) is 5.73 Å². The van der Waals surface area contributed by atoms with Gasteiger partial charge in [-0.15, -0.1) is 0 Å². The molecular formula is C9H17N3. The van der Waals surface area contributed by atoms with Gasteiger partial charge in [0.05, 0.1) is 0 Å². The predicted octanol–water partition coefficient (Wildman–Crippen LogP) is 0.266. The van der Waals surface area contributed by atoms with Crippen molar-refractivity contribution in [2.75, 3.05) is 20.1 Å². The molecule has 1 atom stereocenters. The third kappa shape index (κ3) is 2.01. The second-order valence-electron chi connectivity index (χ2n) is 2.95. The highest BCUT2D eigenvalue weighted by molar-refractivity contribution is 5.22. The van der Waals surface area contributed by atoms with Crippen molar-refractivity contribution in [3.8, 4) is 0 Å². The van der Waals surface area contributed by atoms with Crippen LogP contribution in [0.2, 0.25) is 0 Å². The molecule has 1 rings (SSSR count). The summed E-state index contributed by atoms with van der Waals surface area (Å²) in [6, 6.07) is 0.445. The minimum Gasteiger partial charge on any atom is -0.388 e. The van der Waals surface area contributed by atoms with Crippen LogP contribution in [0, 0.1) is 0 Å². The summed E-state index contributed by atoms with van der Waals surface area (Å²) in [4.78, 5) is 2.22. The van der Waals surface area contributed by atoms with Crippen molar-refractivity contribution in [3.63, 3.8) is 0 Å². The monoisotopic (exact) mass is 167 g/mol. The largest absolute Gasteiger partial charge is 0.388 e. The first-order valence-corrected chi connectivity index (χ1v) is 4.31. The normalized spacial score (nSPS) is 22.4. The average Bonchev–Trinajstić information content (AvgIpc) is 2.09. The van der Waals surface area contributed by atoms with Gasteiger partial charge in [-0.05, 0) is 19.1 Å². The van der Waals surface area contributed by atoms with Gasteiger partial charge in [-0.3, -0.25) is 0 Å². The number of nitrogens with one attached hydrogen (secondary N) is 1. The van der Waals surface area contributed by atoms with Crippen LogP contribution in [0.25, 0.3) is 0 Å². The predicted molar refractivity (Wildman–Crippen MR) is 51.5 cm³/mol.